The van der Waals surface area contributed by atoms with Crippen LogP contribution in [0.25, 0.3) is 0 Å². The summed E-state index contributed by atoms with van der Waals surface area (Å²) in [4.78, 5) is 10.6. The third kappa shape index (κ3) is 5.16. The Balaban J connectivity index is 1.68. The molecule has 0 amide bonds. The van der Waals surface area contributed by atoms with Crippen LogP contribution >= 0.6 is 0 Å². The molecular weight excluding hydrogens is 350 g/mol. The van der Waals surface area contributed by atoms with Gasteiger partial charge in [0.15, 0.2) is 17.4 Å². The molecule has 5 heteroatoms. The fourth-order valence-corrected chi connectivity index (χ4v) is 3.40. The van der Waals surface area contributed by atoms with Gasteiger partial charge < -0.3 is 9.84 Å². The van der Waals surface area contributed by atoms with Gasteiger partial charge in [-0.2, -0.15) is 0 Å². The summed E-state index contributed by atoms with van der Waals surface area (Å²) in [6.07, 6.45) is 3.62. The molecule has 0 atom stereocenters. The fourth-order valence-electron chi connectivity index (χ4n) is 3.40. The lowest BCUT2D eigenvalue weighted by Crippen LogP contribution is -2.06. The fraction of sp³-hybridized carbons (Fsp3) is 0.318. The first-order valence-corrected chi connectivity index (χ1v) is 9.09. The molecule has 0 radical (unpaired) electrons. The van der Waals surface area contributed by atoms with Crippen LogP contribution in [0, 0.1) is 11.6 Å². The van der Waals surface area contributed by atoms with E-state index in [0.717, 1.165) is 43.4 Å². The van der Waals surface area contributed by atoms with Crippen LogP contribution in [-0.4, -0.2) is 17.7 Å². The molecule has 2 aromatic carbocycles. The van der Waals surface area contributed by atoms with Gasteiger partial charge in [0, 0.05) is 6.42 Å². The van der Waals surface area contributed by atoms with Crippen LogP contribution < -0.4 is 4.74 Å². The summed E-state index contributed by atoms with van der Waals surface area (Å²) in [5.74, 6) is -2.99. The lowest BCUT2D eigenvalue weighted by Gasteiger charge is -2.12. The Kier molecular flexibility index (Phi) is 6.22. The van der Waals surface area contributed by atoms with Gasteiger partial charge in [-0.25, -0.2) is 8.78 Å². The van der Waals surface area contributed by atoms with Gasteiger partial charge in [-0.1, -0.05) is 35.9 Å². The van der Waals surface area contributed by atoms with Crippen LogP contribution in [-0.2, 0) is 17.6 Å². The lowest BCUT2D eigenvalue weighted by atomic mass is 10.0. The number of aliphatic carboxylic acids is 1. The molecule has 3 nitrogen and oxygen atoms in total. The van der Waals surface area contributed by atoms with Crippen molar-refractivity contribution in [2.75, 3.05) is 6.61 Å². The summed E-state index contributed by atoms with van der Waals surface area (Å²) in [7, 11) is 0. The number of benzene rings is 2. The van der Waals surface area contributed by atoms with E-state index in [1.54, 1.807) is 0 Å². The second-order valence-corrected chi connectivity index (χ2v) is 6.79. The molecule has 0 aliphatic heterocycles. The highest BCUT2D eigenvalue weighted by Gasteiger charge is 2.18. The van der Waals surface area contributed by atoms with E-state index in [1.165, 1.54) is 11.1 Å². The predicted molar refractivity (Wildman–Crippen MR) is 98.8 cm³/mol. The topological polar surface area (TPSA) is 46.5 Å². The molecule has 0 spiro atoms. The highest BCUT2D eigenvalue weighted by atomic mass is 19.1. The molecule has 1 aliphatic carbocycles. The number of rotatable bonds is 8. The smallest absolute Gasteiger partial charge is 0.303 e. The minimum atomic E-state index is -1.00. The second-order valence-electron chi connectivity index (χ2n) is 6.79. The minimum Gasteiger partial charge on any atom is -0.483 e. The van der Waals surface area contributed by atoms with Gasteiger partial charge in [0.2, 0.25) is 0 Å². The van der Waals surface area contributed by atoms with Gasteiger partial charge in [-0.05, 0) is 60.9 Å². The molecule has 0 bridgehead atoms. The number of halogens is 2. The first-order valence-electron chi connectivity index (χ1n) is 9.09. The summed E-state index contributed by atoms with van der Waals surface area (Å²) in [5, 5.41) is 8.69. The SMILES string of the molecule is O=C(O)CCc1cc(F)c(OCC2=C(Cc3ccccc3)CCC2)c(F)c1. The first-order chi connectivity index (χ1) is 13.0. The molecule has 142 valence electrons. The molecule has 0 heterocycles. The van der Waals surface area contributed by atoms with Gasteiger partial charge >= 0.3 is 5.97 Å². The zero-order valence-electron chi connectivity index (χ0n) is 15.0. The minimum absolute atomic E-state index is 0.0792. The maximum atomic E-state index is 14.2. The van der Waals surface area contributed by atoms with E-state index >= 15 is 0 Å². The number of hydrogen-bond acceptors (Lipinski definition) is 2. The van der Waals surface area contributed by atoms with Crippen molar-refractivity contribution in [2.45, 2.75) is 38.5 Å². The monoisotopic (exact) mass is 372 g/mol. The van der Waals surface area contributed by atoms with Crippen molar-refractivity contribution in [1.82, 2.24) is 0 Å². The van der Waals surface area contributed by atoms with Crippen molar-refractivity contribution in [3.63, 3.8) is 0 Å². The molecule has 2 aromatic rings. The average molecular weight is 372 g/mol. The van der Waals surface area contributed by atoms with Gasteiger partial charge in [-0.3, -0.25) is 4.79 Å². The largest absolute Gasteiger partial charge is 0.483 e. The van der Waals surface area contributed by atoms with Crippen molar-refractivity contribution >= 4 is 5.97 Å². The molecule has 1 N–H and O–H groups in total. The van der Waals surface area contributed by atoms with Crippen LogP contribution in [0.5, 0.6) is 5.75 Å². The van der Waals surface area contributed by atoms with Crippen LogP contribution in [0.2, 0.25) is 0 Å². The van der Waals surface area contributed by atoms with Crippen molar-refractivity contribution in [1.29, 1.82) is 0 Å². The Morgan fingerprint density at radius 1 is 1.00 bits per heavy atom. The molecule has 1 aliphatic rings. The van der Waals surface area contributed by atoms with Crippen molar-refractivity contribution < 1.29 is 23.4 Å². The van der Waals surface area contributed by atoms with E-state index in [1.807, 2.05) is 18.2 Å². The highest BCUT2D eigenvalue weighted by Crippen LogP contribution is 2.31. The van der Waals surface area contributed by atoms with Crippen molar-refractivity contribution in [3.05, 3.63) is 76.4 Å². The van der Waals surface area contributed by atoms with E-state index in [4.69, 9.17) is 9.84 Å². The normalized spacial score (nSPS) is 13.9. The number of carboxylic acid groups (broad SMARTS) is 1. The molecule has 27 heavy (non-hydrogen) atoms. The van der Waals surface area contributed by atoms with E-state index < -0.39 is 23.4 Å². The molecule has 0 saturated carbocycles. The van der Waals surface area contributed by atoms with Crippen LogP contribution in [0.15, 0.2) is 53.6 Å². The number of carbonyl (C=O) groups is 1. The Labute approximate surface area is 157 Å². The van der Waals surface area contributed by atoms with E-state index in [2.05, 4.69) is 12.1 Å². The lowest BCUT2D eigenvalue weighted by molar-refractivity contribution is -0.136. The summed E-state index contributed by atoms with van der Waals surface area (Å²) >= 11 is 0. The predicted octanol–water partition coefficient (Wildman–Crippen LogP) is 5.08. The molecule has 0 saturated heterocycles. The van der Waals surface area contributed by atoms with E-state index in [-0.39, 0.29) is 19.4 Å². The first kappa shape index (κ1) is 19.1. The van der Waals surface area contributed by atoms with Crippen LogP contribution in [0.3, 0.4) is 0 Å². The third-order valence-corrected chi connectivity index (χ3v) is 4.79. The molecule has 0 fully saturated rings. The van der Waals surface area contributed by atoms with Crippen LogP contribution in [0.1, 0.15) is 36.8 Å². The molecular formula is C22H22F2O3. The number of ether oxygens (including phenoxy) is 1. The number of allylic oxidation sites excluding steroid dienone is 1. The quantitative estimate of drug-likeness (QED) is 0.657. The second kappa shape index (κ2) is 8.80. The Bertz CT molecular complexity index is 821. The standard InChI is InChI=1S/C22H22F2O3/c23-19-12-16(9-10-21(25)26)13-20(24)22(19)27-14-18-8-4-7-17(18)11-15-5-2-1-3-6-15/h1-3,5-6,12-13H,4,7-11,14H2,(H,25,26). The summed E-state index contributed by atoms with van der Waals surface area (Å²) in [5.41, 5.74) is 3.91. The Morgan fingerprint density at radius 3 is 2.33 bits per heavy atom. The average Bonchev–Trinajstić information content (AvgIpc) is 3.07. The zero-order valence-corrected chi connectivity index (χ0v) is 15.0. The highest BCUT2D eigenvalue weighted by molar-refractivity contribution is 5.67. The third-order valence-electron chi connectivity index (χ3n) is 4.79. The Hall–Kier alpha value is -2.69. The van der Waals surface area contributed by atoms with Crippen LogP contribution in [0.4, 0.5) is 8.78 Å². The van der Waals surface area contributed by atoms with Gasteiger partial charge in [0.1, 0.15) is 6.61 Å². The van der Waals surface area contributed by atoms with Gasteiger partial charge in [0.05, 0.1) is 0 Å². The molecule has 3 rings (SSSR count). The number of aryl methyl sites for hydroxylation is 1. The van der Waals surface area contributed by atoms with Crippen molar-refractivity contribution in [3.8, 4) is 5.75 Å². The zero-order chi connectivity index (χ0) is 19.2. The number of hydrogen-bond donors (Lipinski definition) is 1. The molecule has 0 unspecified atom stereocenters. The van der Waals surface area contributed by atoms with Gasteiger partial charge in [-0.15, -0.1) is 0 Å². The molecule has 0 aromatic heterocycles. The Morgan fingerprint density at radius 2 is 1.67 bits per heavy atom. The summed E-state index contributed by atoms with van der Waals surface area (Å²) in [6, 6.07) is 12.4. The summed E-state index contributed by atoms with van der Waals surface area (Å²) < 4.78 is 33.9. The maximum Gasteiger partial charge on any atom is 0.303 e. The van der Waals surface area contributed by atoms with Crippen molar-refractivity contribution in [2.24, 2.45) is 0 Å². The number of carboxylic acids is 1. The summed E-state index contributed by atoms with van der Waals surface area (Å²) in [6.45, 7) is 0.171. The van der Waals surface area contributed by atoms with E-state index in [0.29, 0.717) is 5.56 Å². The van der Waals surface area contributed by atoms with E-state index in [9.17, 15) is 13.6 Å². The van der Waals surface area contributed by atoms with Gasteiger partial charge in [0.25, 0.3) is 0 Å². The maximum absolute atomic E-state index is 14.2.